The summed E-state index contributed by atoms with van der Waals surface area (Å²) >= 11 is 7.43. The van der Waals surface area contributed by atoms with Crippen LogP contribution in [0.15, 0.2) is 125 Å². The summed E-state index contributed by atoms with van der Waals surface area (Å²) in [5.74, 6) is 0.824. The molecule has 2 atom stereocenters. The summed E-state index contributed by atoms with van der Waals surface area (Å²) < 4.78 is 2.09. The van der Waals surface area contributed by atoms with E-state index in [1.807, 2.05) is 72.9 Å². The fourth-order valence-corrected chi connectivity index (χ4v) is 5.88. The van der Waals surface area contributed by atoms with Gasteiger partial charge in [0, 0.05) is 51.9 Å². The topological polar surface area (TPSA) is 89.1 Å². The molecule has 1 N–H and O–H groups in total. The van der Waals surface area contributed by atoms with Gasteiger partial charge in [0.1, 0.15) is 11.9 Å². The number of nitrogens with one attached hydrogen (secondary N) is 1. The van der Waals surface area contributed by atoms with Gasteiger partial charge in [-0.1, -0.05) is 23.9 Å². The molecule has 2 aromatic carbocycles. The minimum absolute atomic E-state index is 0.0775. The van der Waals surface area contributed by atoms with Crippen molar-refractivity contribution in [2.45, 2.75) is 21.9 Å². The summed E-state index contributed by atoms with van der Waals surface area (Å²) in [6, 6.07) is 30.2. The van der Waals surface area contributed by atoms with E-state index in [4.69, 9.17) is 12.2 Å². The van der Waals surface area contributed by atoms with Gasteiger partial charge in [-0.15, -0.1) is 0 Å². The van der Waals surface area contributed by atoms with E-state index in [2.05, 4.69) is 30.8 Å². The number of aromatic nitrogens is 3. The molecule has 8 nitrogen and oxygen atoms in total. The molecule has 1 aliphatic heterocycles. The van der Waals surface area contributed by atoms with Crippen LogP contribution in [-0.2, 0) is 0 Å². The lowest BCUT2D eigenvalue weighted by atomic mass is 10.0. The normalized spacial score (nSPS) is 16.7. The third kappa shape index (κ3) is 4.99. The summed E-state index contributed by atoms with van der Waals surface area (Å²) in [6.45, 7) is 0. The van der Waals surface area contributed by atoms with E-state index in [-0.39, 0.29) is 17.8 Å². The van der Waals surface area contributed by atoms with Gasteiger partial charge in [0.25, 0.3) is 5.69 Å². The van der Waals surface area contributed by atoms with Gasteiger partial charge >= 0.3 is 0 Å². The molecule has 192 valence electrons. The van der Waals surface area contributed by atoms with Crippen molar-refractivity contribution in [3.05, 3.63) is 137 Å². The van der Waals surface area contributed by atoms with Gasteiger partial charge in [0.15, 0.2) is 5.11 Å². The number of benzene rings is 2. The zero-order chi connectivity index (χ0) is 26.8. The van der Waals surface area contributed by atoms with Gasteiger partial charge in [-0.3, -0.25) is 15.1 Å². The Labute approximate surface area is 234 Å². The van der Waals surface area contributed by atoms with E-state index < -0.39 is 4.92 Å². The largest absolute Gasteiger partial charge is 0.351 e. The first-order chi connectivity index (χ1) is 19.1. The molecule has 1 fully saturated rings. The maximum Gasteiger partial charge on any atom is 0.269 e. The van der Waals surface area contributed by atoms with Crippen LogP contribution < -0.4 is 10.2 Å². The number of hydrogen-bond acceptors (Lipinski definition) is 6. The van der Waals surface area contributed by atoms with Gasteiger partial charge in [-0.05, 0) is 85.0 Å². The Kier molecular flexibility index (Phi) is 6.78. The maximum atomic E-state index is 11.0. The highest BCUT2D eigenvalue weighted by molar-refractivity contribution is 7.99. The number of pyridine rings is 2. The summed E-state index contributed by atoms with van der Waals surface area (Å²) in [5.41, 5.74) is 2.94. The first-order valence-corrected chi connectivity index (χ1v) is 13.4. The van der Waals surface area contributed by atoms with E-state index in [0.717, 1.165) is 32.7 Å². The van der Waals surface area contributed by atoms with Crippen LogP contribution >= 0.6 is 24.0 Å². The van der Waals surface area contributed by atoms with Crippen molar-refractivity contribution in [3.63, 3.8) is 0 Å². The smallest absolute Gasteiger partial charge is 0.269 e. The van der Waals surface area contributed by atoms with Crippen LogP contribution in [0.4, 0.5) is 11.4 Å². The van der Waals surface area contributed by atoms with Crippen molar-refractivity contribution < 1.29 is 4.92 Å². The number of nitro groups is 1. The minimum Gasteiger partial charge on any atom is -0.351 e. The molecule has 1 aliphatic rings. The molecule has 0 aliphatic carbocycles. The molecular formula is C29H22N6O2S2. The Morgan fingerprint density at radius 1 is 0.846 bits per heavy atom. The van der Waals surface area contributed by atoms with Gasteiger partial charge in [0.05, 0.1) is 16.7 Å². The molecule has 10 heteroatoms. The van der Waals surface area contributed by atoms with E-state index in [9.17, 15) is 10.1 Å². The second kappa shape index (κ2) is 10.7. The molecule has 4 heterocycles. The molecule has 5 aromatic rings. The fourth-order valence-electron chi connectivity index (χ4n) is 4.72. The Bertz CT molecular complexity index is 1610. The van der Waals surface area contributed by atoms with E-state index in [1.54, 1.807) is 36.3 Å². The third-order valence-electron chi connectivity index (χ3n) is 6.48. The standard InChI is InChI=1S/C29H22N6O2S2/c36-35(37)21-11-15-23(16-12-21)39-22-13-9-20(10-14-22)34-28(27(32-29(34)38)24-6-1-3-17-30-24)25-7-5-19-33(25)26-8-2-4-18-31-26/h1-19,27-28H,(H,32,38)/t27-,28-/m1/s1. The summed E-state index contributed by atoms with van der Waals surface area (Å²) in [4.78, 5) is 23.8. The highest BCUT2D eigenvalue weighted by atomic mass is 32.2. The predicted molar refractivity (Wildman–Crippen MR) is 155 cm³/mol. The van der Waals surface area contributed by atoms with Crippen molar-refractivity contribution >= 4 is 40.5 Å². The average molecular weight is 551 g/mol. The molecule has 0 radical (unpaired) electrons. The maximum absolute atomic E-state index is 11.0. The highest BCUT2D eigenvalue weighted by Gasteiger charge is 2.42. The molecule has 0 bridgehead atoms. The first kappa shape index (κ1) is 24.8. The van der Waals surface area contributed by atoms with Crippen LogP contribution in [0.1, 0.15) is 23.5 Å². The number of non-ortho nitro benzene ring substituents is 1. The monoisotopic (exact) mass is 550 g/mol. The van der Waals surface area contributed by atoms with Gasteiger partial charge in [-0.25, -0.2) is 4.98 Å². The summed E-state index contributed by atoms with van der Waals surface area (Å²) in [6.07, 6.45) is 5.59. The van der Waals surface area contributed by atoms with Crippen LogP contribution in [0.5, 0.6) is 0 Å². The number of nitrogens with zero attached hydrogens (tertiary/aromatic N) is 5. The van der Waals surface area contributed by atoms with Crippen LogP contribution in [0, 0.1) is 10.1 Å². The average Bonchev–Trinajstić information content (AvgIpc) is 3.59. The second-order valence-electron chi connectivity index (χ2n) is 8.83. The lowest BCUT2D eigenvalue weighted by molar-refractivity contribution is -0.384. The first-order valence-electron chi connectivity index (χ1n) is 12.2. The van der Waals surface area contributed by atoms with Crippen LogP contribution in [-0.4, -0.2) is 24.6 Å². The van der Waals surface area contributed by atoms with Crippen LogP contribution in [0.2, 0.25) is 0 Å². The Hall–Kier alpha value is -4.54. The fraction of sp³-hybridized carbons (Fsp3) is 0.0690. The summed E-state index contributed by atoms with van der Waals surface area (Å²) in [5, 5.41) is 15.1. The van der Waals surface area contributed by atoms with E-state index >= 15 is 0 Å². The minimum atomic E-state index is -0.394. The molecule has 6 rings (SSSR count). The lowest BCUT2D eigenvalue weighted by Gasteiger charge is -2.29. The SMILES string of the molecule is O=[N+]([O-])c1ccc(Sc2ccc(N3C(=S)N[C@H](c4ccccn4)[C@H]3c3cccn3-c3ccccn3)cc2)cc1. The number of thiocarbonyl (C=S) groups is 1. The van der Waals surface area contributed by atoms with Crippen molar-refractivity contribution in [2.24, 2.45) is 0 Å². The molecule has 0 unspecified atom stereocenters. The number of nitro benzene ring substituents is 1. The second-order valence-corrected chi connectivity index (χ2v) is 10.4. The number of anilines is 1. The lowest BCUT2D eigenvalue weighted by Crippen LogP contribution is -2.30. The van der Waals surface area contributed by atoms with E-state index in [1.165, 1.54) is 12.1 Å². The van der Waals surface area contributed by atoms with E-state index in [0.29, 0.717) is 5.11 Å². The van der Waals surface area contributed by atoms with Gasteiger partial charge in [0.2, 0.25) is 0 Å². The molecule has 0 amide bonds. The number of hydrogen-bond donors (Lipinski definition) is 1. The Balaban J connectivity index is 1.35. The quantitative estimate of drug-likeness (QED) is 0.139. The predicted octanol–water partition coefficient (Wildman–Crippen LogP) is 6.50. The molecule has 0 saturated carbocycles. The van der Waals surface area contributed by atoms with Crippen molar-refractivity contribution in [2.75, 3.05) is 4.90 Å². The third-order valence-corrected chi connectivity index (χ3v) is 7.81. The molecule has 39 heavy (non-hydrogen) atoms. The van der Waals surface area contributed by atoms with Crippen molar-refractivity contribution in [3.8, 4) is 5.82 Å². The van der Waals surface area contributed by atoms with Crippen LogP contribution in [0.3, 0.4) is 0 Å². The summed E-state index contributed by atoms with van der Waals surface area (Å²) in [7, 11) is 0. The van der Waals surface area contributed by atoms with Gasteiger partial charge < -0.3 is 14.8 Å². The molecular weight excluding hydrogens is 528 g/mol. The zero-order valence-electron chi connectivity index (χ0n) is 20.5. The molecule has 1 saturated heterocycles. The highest BCUT2D eigenvalue weighted by Crippen LogP contribution is 2.42. The molecule has 0 spiro atoms. The van der Waals surface area contributed by atoms with Crippen molar-refractivity contribution in [1.29, 1.82) is 0 Å². The molecule has 3 aromatic heterocycles. The number of rotatable bonds is 7. The van der Waals surface area contributed by atoms with Gasteiger partial charge in [-0.2, -0.15) is 0 Å². The Morgan fingerprint density at radius 3 is 2.18 bits per heavy atom. The van der Waals surface area contributed by atoms with Crippen LogP contribution in [0.25, 0.3) is 5.82 Å². The Morgan fingerprint density at radius 2 is 1.54 bits per heavy atom. The zero-order valence-corrected chi connectivity index (χ0v) is 22.1. The van der Waals surface area contributed by atoms with Crippen molar-refractivity contribution in [1.82, 2.24) is 19.9 Å².